The highest BCUT2D eigenvalue weighted by Crippen LogP contribution is 2.48. The number of esters is 1. The van der Waals surface area contributed by atoms with Crippen molar-refractivity contribution in [1.82, 2.24) is 24.6 Å². The zero-order chi connectivity index (χ0) is 27.7. The number of carbonyl (C=O) groups is 1. The van der Waals surface area contributed by atoms with E-state index in [1.807, 2.05) is 0 Å². The minimum absolute atomic E-state index is 0.0202. The molecule has 0 amide bonds. The van der Waals surface area contributed by atoms with Crippen molar-refractivity contribution >= 4 is 41.5 Å². The fourth-order valence-corrected chi connectivity index (χ4v) is 6.29. The summed E-state index contributed by atoms with van der Waals surface area (Å²) in [7, 11) is 0. The number of fused-ring (bicyclic) bond motifs is 1. The molecule has 4 rings (SSSR count). The van der Waals surface area contributed by atoms with Gasteiger partial charge in [0.05, 0.1) is 25.2 Å². The van der Waals surface area contributed by atoms with Crippen LogP contribution in [-0.4, -0.2) is 67.2 Å². The number of para-hydroxylation sites is 1. The minimum atomic E-state index is -3.43. The van der Waals surface area contributed by atoms with Crippen LogP contribution in [0.5, 0.6) is 5.75 Å². The van der Waals surface area contributed by atoms with E-state index < -0.39 is 42.8 Å². The molecule has 0 radical (unpaired) electrons. The lowest BCUT2D eigenvalue weighted by Crippen LogP contribution is -2.41. The van der Waals surface area contributed by atoms with Gasteiger partial charge >= 0.3 is 12.6 Å². The summed E-state index contributed by atoms with van der Waals surface area (Å²) in [5.74, 6) is -0.166. The molecule has 3 aromatic rings. The quantitative estimate of drug-likeness (QED) is 0.243. The third-order valence-corrected chi connectivity index (χ3v) is 8.24. The molecule has 1 aliphatic heterocycles. The van der Waals surface area contributed by atoms with Gasteiger partial charge in [-0.05, 0) is 51.6 Å². The number of benzene rings is 1. The summed E-state index contributed by atoms with van der Waals surface area (Å²) in [5, 5.41) is 13.7. The van der Waals surface area contributed by atoms with Gasteiger partial charge in [-0.25, -0.2) is 19.4 Å². The van der Waals surface area contributed by atoms with E-state index in [4.69, 9.17) is 36.1 Å². The number of carbonyl (C=O) groups excluding carboxylic acids is 1. The van der Waals surface area contributed by atoms with Crippen molar-refractivity contribution in [2.75, 3.05) is 12.3 Å². The standard InChI is InChI=1S/C23H30FN6O6PS/c1-13(2)34-20(32)14(3)29-37(38,36-15-8-6-5-7-9-15)33-11-17-18(31)23(4,24)21(35-17)30-12-27-16-10-26-22(25)28-19(16)30/h5-10,12-14,17-18,21,31H,11H2,1-4H3,(H,29,38)(H2,25,26,28)/t14-,17-,18-,21-,23-,37+/m1/s1. The van der Waals surface area contributed by atoms with Crippen LogP contribution in [0, 0.1) is 0 Å². The molecule has 12 nitrogen and oxygen atoms in total. The molecule has 1 saturated heterocycles. The Morgan fingerprint density at radius 1 is 1.34 bits per heavy atom. The molecule has 0 aliphatic carbocycles. The summed E-state index contributed by atoms with van der Waals surface area (Å²) in [6.07, 6.45) is -1.64. The Labute approximate surface area is 223 Å². The lowest BCUT2D eigenvalue weighted by molar-refractivity contribution is -0.149. The Morgan fingerprint density at radius 2 is 2.05 bits per heavy atom. The summed E-state index contributed by atoms with van der Waals surface area (Å²) in [6.45, 7) is 2.45. The van der Waals surface area contributed by atoms with Crippen LogP contribution < -0.4 is 15.3 Å². The van der Waals surface area contributed by atoms with E-state index in [-0.39, 0.29) is 24.3 Å². The molecule has 2 aromatic heterocycles. The number of nitrogens with two attached hydrogens (primary N) is 1. The number of alkyl halides is 1. The molecule has 38 heavy (non-hydrogen) atoms. The van der Waals surface area contributed by atoms with Crippen molar-refractivity contribution in [2.45, 2.75) is 63.9 Å². The maximum absolute atomic E-state index is 15.8. The van der Waals surface area contributed by atoms with Gasteiger partial charge in [0.25, 0.3) is 0 Å². The molecule has 4 N–H and O–H groups in total. The molecule has 1 aliphatic rings. The van der Waals surface area contributed by atoms with Crippen molar-refractivity contribution in [3.63, 3.8) is 0 Å². The monoisotopic (exact) mass is 568 g/mol. The number of nitrogen functional groups attached to an aromatic ring is 1. The molecule has 15 heteroatoms. The van der Waals surface area contributed by atoms with Crippen LogP contribution >= 0.6 is 6.64 Å². The first-order chi connectivity index (χ1) is 17.9. The molecule has 6 atom stereocenters. The second-order valence-corrected chi connectivity index (χ2v) is 12.4. The van der Waals surface area contributed by atoms with Crippen LogP contribution in [0.1, 0.15) is 33.9 Å². The molecule has 206 valence electrons. The summed E-state index contributed by atoms with van der Waals surface area (Å²) >= 11 is 5.68. The maximum atomic E-state index is 15.8. The van der Waals surface area contributed by atoms with E-state index in [1.54, 1.807) is 51.1 Å². The fraction of sp³-hybridized carbons (Fsp3) is 0.478. The third-order valence-electron chi connectivity index (χ3n) is 5.74. The van der Waals surface area contributed by atoms with E-state index in [0.717, 1.165) is 0 Å². The SMILES string of the molecule is CC(C)OC(=O)[C@@H](C)N[P@](=S)(OC[C@H]1O[C@@H](n2cnc3cnc(N)nc32)[C@](C)(F)[C@@H]1O)Oc1ccccc1. The number of imidazole rings is 1. The highest BCUT2D eigenvalue weighted by atomic mass is 32.5. The number of halogens is 1. The molecule has 0 unspecified atom stereocenters. The van der Waals surface area contributed by atoms with Crippen LogP contribution in [-0.2, 0) is 30.6 Å². The van der Waals surface area contributed by atoms with Gasteiger partial charge in [-0.2, -0.15) is 4.98 Å². The van der Waals surface area contributed by atoms with Crippen molar-refractivity contribution < 1.29 is 32.8 Å². The molecule has 0 bridgehead atoms. The average molecular weight is 569 g/mol. The summed E-state index contributed by atoms with van der Waals surface area (Å²) < 4.78 is 40.2. The van der Waals surface area contributed by atoms with Gasteiger partial charge in [0, 0.05) is 0 Å². The smallest absolute Gasteiger partial charge is 0.323 e. The highest BCUT2D eigenvalue weighted by molar-refractivity contribution is 8.09. The summed E-state index contributed by atoms with van der Waals surface area (Å²) in [5.41, 5.74) is 4.06. The van der Waals surface area contributed by atoms with Gasteiger partial charge in [0.1, 0.15) is 29.5 Å². The number of aliphatic hydroxyl groups excluding tert-OH is 1. The molecule has 0 spiro atoms. The number of aliphatic hydroxyl groups is 1. The van der Waals surface area contributed by atoms with Crippen molar-refractivity contribution in [2.24, 2.45) is 0 Å². The van der Waals surface area contributed by atoms with E-state index in [9.17, 15) is 9.90 Å². The minimum Gasteiger partial charge on any atom is -0.462 e. The van der Waals surface area contributed by atoms with Gasteiger partial charge < -0.3 is 29.4 Å². The molecule has 3 heterocycles. The van der Waals surface area contributed by atoms with Gasteiger partial charge in [-0.3, -0.25) is 9.36 Å². The van der Waals surface area contributed by atoms with Gasteiger partial charge in [0.2, 0.25) is 5.95 Å². The first kappa shape index (κ1) is 28.3. The van der Waals surface area contributed by atoms with E-state index in [0.29, 0.717) is 11.3 Å². The number of nitrogens with zero attached hydrogens (tertiary/aromatic N) is 4. The number of nitrogens with one attached hydrogen (secondary N) is 1. The van der Waals surface area contributed by atoms with Crippen LogP contribution in [0.4, 0.5) is 10.3 Å². The average Bonchev–Trinajstić information content (AvgIpc) is 3.35. The number of aromatic nitrogens is 4. The van der Waals surface area contributed by atoms with Crippen molar-refractivity contribution in [1.29, 1.82) is 0 Å². The Hall–Kier alpha value is -2.74. The zero-order valence-corrected chi connectivity index (χ0v) is 22.9. The van der Waals surface area contributed by atoms with Crippen LogP contribution in [0.15, 0.2) is 42.9 Å². The summed E-state index contributed by atoms with van der Waals surface area (Å²) in [6, 6.07) is 7.78. The Morgan fingerprint density at radius 3 is 2.74 bits per heavy atom. The molecular weight excluding hydrogens is 538 g/mol. The number of rotatable bonds is 10. The Kier molecular flexibility index (Phi) is 8.31. The zero-order valence-electron chi connectivity index (χ0n) is 21.2. The van der Waals surface area contributed by atoms with Gasteiger partial charge in [-0.15, -0.1) is 0 Å². The first-order valence-electron chi connectivity index (χ1n) is 11.8. The molecule has 1 aromatic carbocycles. The van der Waals surface area contributed by atoms with E-state index in [2.05, 4.69) is 20.0 Å². The predicted molar refractivity (Wildman–Crippen MR) is 140 cm³/mol. The van der Waals surface area contributed by atoms with Gasteiger partial charge in [0.15, 0.2) is 17.5 Å². The normalized spacial score (nSPS) is 25.8. The topological polar surface area (TPSA) is 156 Å². The van der Waals surface area contributed by atoms with Crippen LogP contribution in [0.25, 0.3) is 11.2 Å². The number of hydrogen-bond acceptors (Lipinski definition) is 11. The van der Waals surface area contributed by atoms with Crippen molar-refractivity contribution in [3.05, 3.63) is 42.9 Å². The van der Waals surface area contributed by atoms with Crippen molar-refractivity contribution in [3.8, 4) is 5.75 Å². The molecular formula is C23H30FN6O6PS. The third kappa shape index (κ3) is 6.11. The van der Waals surface area contributed by atoms with E-state index >= 15 is 4.39 Å². The molecule has 0 saturated carbocycles. The van der Waals surface area contributed by atoms with Crippen LogP contribution in [0.2, 0.25) is 0 Å². The Bertz CT molecular complexity index is 1330. The maximum Gasteiger partial charge on any atom is 0.323 e. The fourth-order valence-electron chi connectivity index (χ4n) is 3.87. The molecule has 1 fully saturated rings. The second-order valence-electron chi connectivity index (χ2n) is 9.25. The second kappa shape index (κ2) is 11.2. The van der Waals surface area contributed by atoms with E-state index in [1.165, 1.54) is 24.0 Å². The lowest BCUT2D eigenvalue weighted by atomic mass is 9.98. The first-order valence-corrected chi connectivity index (χ1v) is 14.5. The number of ether oxygens (including phenoxy) is 2. The Balaban J connectivity index is 1.54. The predicted octanol–water partition coefficient (Wildman–Crippen LogP) is 2.64. The largest absolute Gasteiger partial charge is 0.462 e. The van der Waals surface area contributed by atoms with Crippen LogP contribution in [0.3, 0.4) is 0 Å². The number of hydrogen-bond donors (Lipinski definition) is 3. The highest BCUT2D eigenvalue weighted by Gasteiger charge is 2.55. The summed E-state index contributed by atoms with van der Waals surface area (Å²) in [4.78, 5) is 24.6. The van der Waals surface area contributed by atoms with Gasteiger partial charge in [-0.1, -0.05) is 18.2 Å². The lowest BCUT2D eigenvalue weighted by Gasteiger charge is -2.28. The number of anilines is 1.